The second-order valence-corrected chi connectivity index (χ2v) is 7.21. The molecule has 0 saturated heterocycles. The minimum atomic E-state index is 0.599. The van der Waals surface area contributed by atoms with E-state index in [1.54, 1.807) is 12.4 Å². The molecule has 0 saturated carbocycles. The summed E-state index contributed by atoms with van der Waals surface area (Å²) in [6.45, 7) is 13.1. The Morgan fingerprint density at radius 3 is 2.50 bits per heavy atom. The van der Waals surface area contributed by atoms with E-state index < -0.39 is 0 Å². The molecule has 0 amide bonds. The van der Waals surface area contributed by atoms with Crippen LogP contribution in [0, 0.1) is 0 Å². The van der Waals surface area contributed by atoms with Gasteiger partial charge in [0.25, 0.3) is 0 Å². The monoisotopic (exact) mass is 426 g/mol. The zero-order valence-electron chi connectivity index (χ0n) is 19.1. The third-order valence-corrected chi connectivity index (χ3v) is 5.20. The third kappa shape index (κ3) is 4.54. The SMILES string of the molecule is C=C(NCC)C1=C(C)c2ccc(/C(C=Nc3ccccc3)=N/N)cc2/C(=C\C)N1/N=C\C. The van der Waals surface area contributed by atoms with Gasteiger partial charge < -0.3 is 11.2 Å². The first-order chi connectivity index (χ1) is 15.5. The number of hydrogen-bond donors (Lipinski definition) is 2. The smallest absolute Gasteiger partial charge is 0.108 e. The molecule has 0 aliphatic carbocycles. The number of hydrogen-bond acceptors (Lipinski definition) is 6. The molecule has 3 N–H and O–H groups in total. The largest absolute Gasteiger partial charge is 0.384 e. The molecule has 2 aromatic carbocycles. The Labute approximate surface area is 190 Å². The lowest BCUT2D eigenvalue weighted by atomic mass is 9.89. The van der Waals surface area contributed by atoms with Gasteiger partial charge in [0.2, 0.25) is 0 Å². The summed E-state index contributed by atoms with van der Waals surface area (Å²) in [6, 6.07) is 15.9. The predicted molar refractivity (Wildman–Crippen MR) is 137 cm³/mol. The molecule has 0 fully saturated rings. The lowest BCUT2D eigenvalue weighted by Gasteiger charge is -2.34. The minimum absolute atomic E-state index is 0.599. The Morgan fingerprint density at radius 1 is 1.12 bits per heavy atom. The molecule has 0 bridgehead atoms. The second-order valence-electron chi connectivity index (χ2n) is 7.21. The van der Waals surface area contributed by atoms with Crippen LogP contribution in [-0.2, 0) is 0 Å². The maximum atomic E-state index is 5.73. The molecule has 0 unspecified atom stereocenters. The van der Waals surface area contributed by atoms with Crippen molar-refractivity contribution < 1.29 is 0 Å². The van der Waals surface area contributed by atoms with Crippen molar-refractivity contribution in [3.05, 3.63) is 89.3 Å². The van der Waals surface area contributed by atoms with E-state index in [1.807, 2.05) is 55.3 Å². The van der Waals surface area contributed by atoms with Crippen molar-refractivity contribution in [1.82, 2.24) is 10.3 Å². The summed E-state index contributed by atoms with van der Waals surface area (Å²) in [5.74, 6) is 5.73. The van der Waals surface area contributed by atoms with E-state index in [-0.39, 0.29) is 0 Å². The Kier molecular flexibility index (Phi) is 7.39. The number of rotatable bonds is 7. The van der Waals surface area contributed by atoms with E-state index >= 15 is 0 Å². The molecule has 6 heteroatoms. The third-order valence-electron chi connectivity index (χ3n) is 5.20. The van der Waals surface area contributed by atoms with Crippen molar-refractivity contribution in [3.8, 4) is 0 Å². The zero-order valence-corrected chi connectivity index (χ0v) is 19.1. The summed E-state index contributed by atoms with van der Waals surface area (Å²) >= 11 is 0. The fourth-order valence-electron chi connectivity index (χ4n) is 3.76. The quantitative estimate of drug-likeness (QED) is 0.359. The molecule has 1 aliphatic heterocycles. The van der Waals surface area contributed by atoms with Gasteiger partial charge in [-0.1, -0.05) is 43.0 Å². The summed E-state index contributed by atoms with van der Waals surface area (Å²) in [7, 11) is 0. The molecule has 3 rings (SSSR count). The van der Waals surface area contributed by atoms with Gasteiger partial charge in [0.15, 0.2) is 0 Å². The standard InChI is InChI=1S/C26H30N6/c1-6-25-23-16-20(24(31-27)17-29-21-12-10-9-11-13-21)14-15-22(23)18(4)26(19(5)28-7-2)32(25)30-8-3/h6,8-17,28H,5,7,27H2,1-4H3/b25-6+,29-17?,30-8-,31-24+. The Bertz CT molecular complexity index is 1140. The Morgan fingerprint density at radius 2 is 1.88 bits per heavy atom. The van der Waals surface area contributed by atoms with Gasteiger partial charge in [-0.2, -0.15) is 10.2 Å². The number of fused-ring (bicyclic) bond motifs is 1. The fraction of sp³-hybridized carbons (Fsp3) is 0.192. The highest BCUT2D eigenvalue weighted by atomic mass is 15.5. The van der Waals surface area contributed by atoms with Crippen molar-refractivity contribution in [2.24, 2.45) is 21.0 Å². The normalized spacial score (nSPS) is 15.7. The van der Waals surface area contributed by atoms with Gasteiger partial charge in [-0.3, -0.25) is 4.99 Å². The topological polar surface area (TPSA) is 78.4 Å². The van der Waals surface area contributed by atoms with Crippen LogP contribution in [0.2, 0.25) is 0 Å². The molecular weight excluding hydrogens is 396 g/mol. The van der Waals surface area contributed by atoms with Crippen molar-refractivity contribution in [1.29, 1.82) is 0 Å². The summed E-state index contributed by atoms with van der Waals surface area (Å²) in [5, 5.41) is 13.9. The number of benzene rings is 2. The van der Waals surface area contributed by atoms with Crippen molar-refractivity contribution >= 4 is 35.1 Å². The lowest BCUT2D eigenvalue weighted by molar-refractivity contribution is 0.520. The van der Waals surface area contributed by atoms with Crippen LogP contribution in [0.15, 0.2) is 87.8 Å². The molecule has 0 spiro atoms. The first kappa shape index (κ1) is 22.7. The Hall–Kier alpha value is -3.93. The molecule has 0 radical (unpaired) electrons. The van der Waals surface area contributed by atoms with Crippen molar-refractivity contribution in [3.63, 3.8) is 0 Å². The van der Waals surface area contributed by atoms with E-state index in [4.69, 9.17) is 5.84 Å². The molecule has 32 heavy (non-hydrogen) atoms. The highest BCUT2D eigenvalue weighted by molar-refractivity contribution is 6.38. The molecule has 2 aromatic rings. The molecule has 164 valence electrons. The average Bonchev–Trinajstić information content (AvgIpc) is 2.81. The summed E-state index contributed by atoms with van der Waals surface area (Å²) in [4.78, 5) is 4.51. The van der Waals surface area contributed by atoms with Crippen molar-refractivity contribution in [2.45, 2.75) is 27.7 Å². The van der Waals surface area contributed by atoms with Crippen LogP contribution in [0.1, 0.15) is 44.4 Å². The van der Waals surface area contributed by atoms with E-state index in [0.29, 0.717) is 5.71 Å². The van der Waals surface area contributed by atoms with Gasteiger partial charge in [-0.15, -0.1) is 0 Å². The van der Waals surface area contributed by atoms with E-state index in [9.17, 15) is 0 Å². The molecule has 1 aliphatic rings. The Balaban J connectivity index is 2.11. The van der Waals surface area contributed by atoms with E-state index in [0.717, 1.165) is 51.6 Å². The van der Waals surface area contributed by atoms with Crippen LogP contribution in [0.5, 0.6) is 0 Å². The molecule has 0 atom stereocenters. The van der Waals surface area contributed by atoms with Crippen LogP contribution in [0.3, 0.4) is 0 Å². The molecule has 6 nitrogen and oxygen atoms in total. The summed E-state index contributed by atoms with van der Waals surface area (Å²) in [6.07, 6.45) is 5.53. The molecular formula is C26H30N6. The van der Waals surface area contributed by atoms with Gasteiger partial charge >= 0.3 is 0 Å². The van der Waals surface area contributed by atoms with Gasteiger partial charge in [0.05, 0.1) is 29.0 Å². The number of nitrogens with zero attached hydrogens (tertiary/aromatic N) is 4. The number of para-hydroxylation sites is 1. The first-order valence-corrected chi connectivity index (χ1v) is 10.7. The molecule has 1 heterocycles. The highest BCUT2D eigenvalue weighted by Gasteiger charge is 2.28. The van der Waals surface area contributed by atoms with Gasteiger partial charge in [-0.25, -0.2) is 5.01 Å². The number of nitrogens with two attached hydrogens (primary N) is 1. The summed E-state index contributed by atoms with van der Waals surface area (Å²) in [5.41, 5.74) is 8.35. The second kappa shape index (κ2) is 10.4. The summed E-state index contributed by atoms with van der Waals surface area (Å²) < 4.78 is 0. The van der Waals surface area contributed by atoms with E-state index in [1.165, 1.54) is 0 Å². The van der Waals surface area contributed by atoms with E-state index in [2.05, 4.69) is 59.1 Å². The average molecular weight is 427 g/mol. The van der Waals surface area contributed by atoms with Gasteiger partial charge in [0, 0.05) is 23.9 Å². The number of allylic oxidation sites excluding steroid dienone is 2. The van der Waals surface area contributed by atoms with Crippen molar-refractivity contribution in [2.75, 3.05) is 6.54 Å². The van der Waals surface area contributed by atoms with Crippen LogP contribution in [0.25, 0.3) is 11.3 Å². The predicted octanol–water partition coefficient (Wildman–Crippen LogP) is 5.29. The van der Waals surface area contributed by atoms with Crippen LogP contribution in [0.4, 0.5) is 5.69 Å². The van der Waals surface area contributed by atoms with Crippen LogP contribution < -0.4 is 11.2 Å². The maximum absolute atomic E-state index is 5.73. The number of likely N-dealkylation sites (N-methyl/N-ethyl adjacent to an activating group) is 1. The fourth-order valence-corrected chi connectivity index (χ4v) is 3.76. The lowest BCUT2D eigenvalue weighted by Crippen LogP contribution is -2.28. The highest BCUT2D eigenvalue weighted by Crippen LogP contribution is 2.40. The zero-order chi connectivity index (χ0) is 23.1. The van der Waals surface area contributed by atoms with Crippen LogP contribution in [-0.4, -0.2) is 29.7 Å². The molecule has 0 aromatic heterocycles. The first-order valence-electron chi connectivity index (χ1n) is 10.7. The van der Waals surface area contributed by atoms with Gasteiger partial charge in [0.1, 0.15) is 5.71 Å². The van der Waals surface area contributed by atoms with Crippen LogP contribution >= 0.6 is 0 Å². The number of nitrogens with one attached hydrogen (secondary N) is 1. The van der Waals surface area contributed by atoms with Gasteiger partial charge in [-0.05, 0) is 57.0 Å². The number of hydrazone groups is 2. The minimum Gasteiger partial charge on any atom is -0.384 e. The number of aliphatic imine (C=N–C) groups is 1. The maximum Gasteiger partial charge on any atom is 0.108 e.